The molecule has 2 rings (SSSR count). The Morgan fingerprint density at radius 1 is 1.33 bits per heavy atom. The molecule has 1 aromatic heterocycles. The van der Waals surface area contributed by atoms with Crippen LogP contribution in [0.25, 0.3) is 0 Å². The van der Waals surface area contributed by atoms with Crippen molar-refractivity contribution in [3.8, 4) is 0 Å². The number of amides is 1. The number of nitrogens with two attached hydrogens (primary N) is 1. The smallest absolute Gasteiger partial charge is 0.249 e. The predicted octanol–water partition coefficient (Wildman–Crippen LogP) is 0.934. The molecule has 1 aromatic rings. The van der Waals surface area contributed by atoms with Crippen LogP contribution in [0.3, 0.4) is 0 Å². The lowest BCUT2D eigenvalue weighted by molar-refractivity contribution is -0.127. The van der Waals surface area contributed by atoms with E-state index in [-0.39, 0.29) is 10.1 Å². The molecular weight excluding hydrogens is 310 g/mol. The molecule has 4 N–H and O–H groups in total. The highest BCUT2D eigenvalue weighted by Gasteiger charge is 2.34. The maximum absolute atomic E-state index is 12.2. The number of carbonyl (C=O) groups is 1. The number of nitrogens with one attached hydrogen (secondary N) is 2. The Morgan fingerprint density at radius 2 is 2.00 bits per heavy atom. The number of hydrogen-bond donors (Lipinski definition) is 3. The summed E-state index contributed by atoms with van der Waals surface area (Å²) in [6.07, 6.45) is 4.51. The van der Waals surface area contributed by atoms with Crippen molar-refractivity contribution in [1.29, 1.82) is 0 Å². The maximum Gasteiger partial charge on any atom is 0.249 e. The Bertz CT molecular complexity index is 604. The van der Waals surface area contributed by atoms with E-state index < -0.39 is 15.6 Å². The molecule has 0 bridgehead atoms. The van der Waals surface area contributed by atoms with E-state index in [1.807, 2.05) is 0 Å². The second kappa shape index (κ2) is 6.43. The molecule has 0 radical (unpaired) electrons. The van der Waals surface area contributed by atoms with Gasteiger partial charge in [0.25, 0.3) is 0 Å². The van der Waals surface area contributed by atoms with Crippen LogP contribution in [0, 0.1) is 0 Å². The van der Waals surface area contributed by atoms with E-state index in [9.17, 15) is 13.2 Å². The first-order valence-corrected chi connectivity index (χ1v) is 9.27. The van der Waals surface area contributed by atoms with E-state index in [1.54, 1.807) is 6.07 Å². The van der Waals surface area contributed by atoms with Crippen LogP contribution >= 0.6 is 11.3 Å². The van der Waals surface area contributed by atoms with Crippen LogP contribution in [0.15, 0.2) is 16.3 Å². The lowest BCUT2D eigenvalue weighted by atomic mass is 9.82. The van der Waals surface area contributed by atoms with Gasteiger partial charge >= 0.3 is 0 Å². The van der Waals surface area contributed by atoms with E-state index in [0.717, 1.165) is 35.5 Å². The highest BCUT2D eigenvalue weighted by atomic mass is 32.2. The summed E-state index contributed by atoms with van der Waals surface area (Å²) in [6.45, 7) is 0.307. The highest BCUT2D eigenvalue weighted by Crippen LogP contribution is 2.26. The van der Waals surface area contributed by atoms with Gasteiger partial charge in [-0.1, -0.05) is 19.3 Å². The molecule has 0 aromatic carbocycles. The van der Waals surface area contributed by atoms with E-state index >= 15 is 0 Å². The fraction of sp³-hybridized carbons (Fsp3) is 0.615. The van der Waals surface area contributed by atoms with Gasteiger partial charge in [-0.25, -0.2) is 13.1 Å². The van der Waals surface area contributed by atoms with E-state index in [0.29, 0.717) is 19.4 Å². The normalized spacial score (nSPS) is 18.4. The first-order valence-electron chi connectivity index (χ1n) is 6.97. The van der Waals surface area contributed by atoms with Gasteiger partial charge in [-0.05, 0) is 32.0 Å². The molecule has 0 unspecified atom stereocenters. The van der Waals surface area contributed by atoms with Gasteiger partial charge in [0, 0.05) is 4.88 Å². The van der Waals surface area contributed by atoms with Crippen LogP contribution in [-0.2, 0) is 21.4 Å². The summed E-state index contributed by atoms with van der Waals surface area (Å²) in [4.78, 5) is 13.0. The highest BCUT2D eigenvalue weighted by molar-refractivity contribution is 7.91. The lowest BCUT2D eigenvalue weighted by Crippen LogP contribution is -2.54. The Labute approximate surface area is 129 Å². The number of hydrogen-bond acceptors (Lipinski definition) is 5. The first-order chi connectivity index (χ1) is 9.87. The van der Waals surface area contributed by atoms with E-state index in [2.05, 4.69) is 10.0 Å². The van der Waals surface area contributed by atoms with Gasteiger partial charge in [0.1, 0.15) is 4.21 Å². The third kappa shape index (κ3) is 3.82. The van der Waals surface area contributed by atoms with Crippen LogP contribution in [0.2, 0.25) is 0 Å². The van der Waals surface area contributed by atoms with Crippen molar-refractivity contribution in [3.63, 3.8) is 0 Å². The summed E-state index contributed by atoms with van der Waals surface area (Å²) in [7, 11) is -2.04. The van der Waals surface area contributed by atoms with Gasteiger partial charge in [0.05, 0.1) is 12.1 Å². The van der Waals surface area contributed by atoms with Crippen molar-refractivity contribution in [1.82, 2.24) is 10.0 Å². The SMILES string of the molecule is CNS(=O)(=O)c1ccc(CNC(=O)C2(N)CCCCC2)s1. The maximum atomic E-state index is 12.2. The van der Waals surface area contributed by atoms with Crippen molar-refractivity contribution >= 4 is 27.3 Å². The molecule has 1 aliphatic carbocycles. The second-order valence-electron chi connectivity index (χ2n) is 5.33. The molecular formula is C13H21N3O3S2. The molecule has 0 aliphatic heterocycles. The summed E-state index contributed by atoms with van der Waals surface area (Å²) in [6, 6.07) is 3.25. The van der Waals surface area contributed by atoms with Gasteiger partial charge in [0.15, 0.2) is 0 Å². The van der Waals surface area contributed by atoms with Gasteiger partial charge < -0.3 is 11.1 Å². The largest absolute Gasteiger partial charge is 0.350 e. The minimum absolute atomic E-state index is 0.145. The van der Waals surface area contributed by atoms with Crippen LogP contribution in [0.1, 0.15) is 37.0 Å². The Balaban J connectivity index is 1.96. The Morgan fingerprint density at radius 3 is 2.62 bits per heavy atom. The molecule has 0 atom stereocenters. The second-order valence-corrected chi connectivity index (χ2v) is 8.61. The zero-order valence-electron chi connectivity index (χ0n) is 12.0. The first kappa shape index (κ1) is 16.4. The monoisotopic (exact) mass is 331 g/mol. The summed E-state index contributed by atoms with van der Waals surface area (Å²) in [5, 5.41) is 2.82. The lowest BCUT2D eigenvalue weighted by Gasteiger charge is -2.31. The molecule has 1 heterocycles. The van der Waals surface area contributed by atoms with Gasteiger partial charge in [-0.3, -0.25) is 4.79 Å². The summed E-state index contributed by atoms with van der Waals surface area (Å²) < 4.78 is 25.8. The summed E-state index contributed by atoms with van der Waals surface area (Å²) >= 11 is 1.15. The molecule has 6 nitrogen and oxygen atoms in total. The molecule has 1 aliphatic rings. The van der Waals surface area contributed by atoms with E-state index in [1.165, 1.54) is 13.1 Å². The molecule has 118 valence electrons. The van der Waals surface area contributed by atoms with Crippen molar-refractivity contribution in [3.05, 3.63) is 17.0 Å². The molecule has 0 saturated heterocycles. The fourth-order valence-electron chi connectivity index (χ4n) is 2.45. The molecule has 21 heavy (non-hydrogen) atoms. The number of rotatable bonds is 5. The van der Waals surface area contributed by atoms with Gasteiger partial charge in [-0.2, -0.15) is 0 Å². The molecule has 0 spiro atoms. The average Bonchev–Trinajstić information content (AvgIpc) is 2.95. The van der Waals surface area contributed by atoms with Crippen LogP contribution in [0.5, 0.6) is 0 Å². The minimum Gasteiger partial charge on any atom is -0.350 e. The average molecular weight is 331 g/mol. The number of sulfonamides is 1. The summed E-state index contributed by atoms with van der Waals surface area (Å²) in [5.74, 6) is -0.145. The van der Waals surface area contributed by atoms with Crippen molar-refractivity contribution in [2.45, 2.75) is 48.4 Å². The molecule has 1 amide bonds. The fourth-order valence-corrected chi connectivity index (χ4v) is 4.58. The van der Waals surface area contributed by atoms with Crippen molar-refractivity contribution in [2.75, 3.05) is 7.05 Å². The topological polar surface area (TPSA) is 101 Å². The number of thiophene rings is 1. The zero-order valence-corrected chi connectivity index (χ0v) is 13.6. The summed E-state index contributed by atoms with van der Waals surface area (Å²) in [5.41, 5.74) is 5.38. The zero-order chi connectivity index (χ0) is 15.5. The third-order valence-electron chi connectivity index (χ3n) is 3.79. The quantitative estimate of drug-likeness (QED) is 0.747. The molecule has 1 saturated carbocycles. The standard InChI is InChI=1S/C13H21N3O3S2/c1-15-21(18,19)11-6-5-10(20-11)9-16-12(17)13(14)7-3-2-4-8-13/h5-6,15H,2-4,7-9,14H2,1H3,(H,16,17). The number of carbonyl (C=O) groups excluding carboxylic acids is 1. The van der Waals surface area contributed by atoms with Gasteiger partial charge in [-0.15, -0.1) is 11.3 Å². The Hall–Kier alpha value is -0.960. The third-order valence-corrected chi connectivity index (χ3v) is 6.78. The van der Waals surface area contributed by atoms with Crippen LogP contribution in [-0.4, -0.2) is 26.9 Å². The van der Waals surface area contributed by atoms with Gasteiger partial charge in [0.2, 0.25) is 15.9 Å². The van der Waals surface area contributed by atoms with Crippen LogP contribution < -0.4 is 15.8 Å². The minimum atomic E-state index is -3.42. The van der Waals surface area contributed by atoms with Crippen molar-refractivity contribution < 1.29 is 13.2 Å². The predicted molar refractivity (Wildman–Crippen MR) is 82.4 cm³/mol. The van der Waals surface area contributed by atoms with Crippen molar-refractivity contribution in [2.24, 2.45) is 5.73 Å². The molecule has 8 heteroatoms. The Kier molecular flexibility index (Phi) is 5.03. The van der Waals surface area contributed by atoms with E-state index in [4.69, 9.17) is 5.73 Å². The van der Waals surface area contributed by atoms with Crippen LogP contribution in [0.4, 0.5) is 0 Å². The molecule has 1 fully saturated rings.